The summed E-state index contributed by atoms with van der Waals surface area (Å²) in [6.07, 6.45) is 3.28. The molecule has 144 valence electrons. The van der Waals surface area contributed by atoms with Gasteiger partial charge in [0.15, 0.2) is 5.69 Å². The molecule has 0 spiro atoms. The number of fused-ring (bicyclic) bond motifs is 1. The minimum atomic E-state index is -0.491. The van der Waals surface area contributed by atoms with Crippen LogP contribution in [0, 0.1) is 17.0 Å². The van der Waals surface area contributed by atoms with Crippen LogP contribution in [0.1, 0.15) is 22.6 Å². The highest BCUT2D eigenvalue weighted by Crippen LogP contribution is 2.25. The summed E-state index contributed by atoms with van der Waals surface area (Å²) in [5, 5.41) is 17.1. The normalized spacial score (nSPS) is 11.2. The van der Waals surface area contributed by atoms with Gasteiger partial charge in [-0.25, -0.2) is 0 Å². The van der Waals surface area contributed by atoms with Crippen molar-refractivity contribution < 1.29 is 14.2 Å². The van der Waals surface area contributed by atoms with Gasteiger partial charge in [-0.2, -0.15) is 0 Å². The fraction of sp³-hybridized carbons (Fsp3) is 0.0870. The van der Waals surface area contributed by atoms with Crippen molar-refractivity contribution in [2.45, 2.75) is 13.5 Å². The van der Waals surface area contributed by atoms with Gasteiger partial charge in [0.2, 0.25) is 5.76 Å². The molecule has 0 saturated carbocycles. The highest BCUT2D eigenvalue weighted by atomic mass is 16.6. The number of nitro groups is 1. The lowest BCUT2D eigenvalue weighted by Crippen LogP contribution is -1.96. The third-order valence-corrected chi connectivity index (χ3v) is 4.60. The van der Waals surface area contributed by atoms with Crippen LogP contribution < -0.4 is 4.74 Å². The topological polar surface area (TPSA) is 78.4 Å². The zero-order valence-electron chi connectivity index (χ0n) is 15.7. The predicted molar refractivity (Wildman–Crippen MR) is 112 cm³/mol. The highest BCUT2D eigenvalue weighted by Gasteiger charge is 2.21. The second-order valence-corrected chi connectivity index (χ2v) is 6.57. The van der Waals surface area contributed by atoms with Crippen LogP contribution in [0.4, 0.5) is 5.69 Å². The van der Waals surface area contributed by atoms with E-state index in [0.717, 1.165) is 11.1 Å². The predicted octanol–water partition coefficient (Wildman–Crippen LogP) is 5.79. The van der Waals surface area contributed by atoms with Gasteiger partial charge >= 0.3 is 5.69 Å². The van der Waals surface area contributed by atoms with Crippen molar-refractivity contribution in [3.8, 4) is 5.75 Å². The smallest absolute Gasteiger partial charge is 0.338 e. The zero-order valence-corrected chi connectivity index (χ0v) is 15.7. The van der Waals surface area contributed by atoms with E-state index in [9.17, 15) is 10.1 Å². The molecule has 0 aliphatic heterocycles. The Balaban J connectivity index is 1.51. The Morgan fingerprint density at radius 2 is 1.86 bits per heavy atom. The average molecular weight is 386 g/mol. The van der Waals surface area contributed by atoms with Gasteiger partial charge in [-0.1, -0.05) is 65.8 Å². The summed E-state index contributed by atoms with van der Waals surface area (Å²) in [4.78, 5) is 10.6. The Bertz CT molecular complexity index is 1210. The van der Waals surface area contributed by atoms with Crippen LogP contribution in [0.2, 0.25) is 0 Å². The summed E-state index contributed by atoms with van der Waals surface area (Å²) in [6, 6.07) is 21.9. The fourth-order valence-electron chi connectivity index (χ4n) is 3.17. The zero-order chi connectivity index (χ0) is 20.2. The fourth-order valence-corrected chi connectivity index (χ4v) is 3.17. The third-order valence-electron chi connectivity index (χ3n) is 4.60. The minimum Gasteiger partial charge on any atom is -0.489 e. The number of rotatable bonds is 6. The van der Waals surface area contributed by atoms with E-state index in [1.165, 1.54) is 10.8 Å². The van der Waals surface area contributed by atoms with Gasteiger partial charge in [-0.15, -0.1) is 0 Å². The Morgan fingerprint density at radius 3 is 2.72 bits per heavy atom. The minimum absolute atomic E-state index is 0.120. The Morgan fingerprint density at radius 1 is 1.07 bits per heavy atom. The van der Waals surface area contributed by atoms with Gasteiger partial charge < -0.3 is 9.26 Å². The summed E-state index contributed by atoms with van der Waals surface area (Å²) in [5.74, 6) is 0.831. The van der Waals surface area contributed by atoms with Crippen LogP contribution in [0.5, 0.6) is 5.75 Å². The van der Waals surface area contributed by atoms with Crippen LogP contribution in [0.15, 0.2) is 71.3 Å². The van der Waals surface area contributed by atoms with Crippen molar-refractivity contribution in [1.82, 2.24) is 5.16 Å². The number of nitrogens with zero attached hydrogens (tertiary/aromatic N) is 2. The number of ether oxygens (including phenoxy) is 1. The van der Waals surface area contributed by atoms with Gasteiger partial charge in [-0.05, 0) is 47.0 Å². The Labute approximate surface area is 167 Å². The molecule has 4 aromatic rings. The second kappa shape index (κ2) is 7.98. The van der Waals surface area contributed by atoms with Gasteiger partial charge in [0.25, 0.3) is 0 Å². The molecule has 0 bridgehead atoms. The standard InChI is InChI=1S/C23H18N2O4/c1-16-23(25(26)27)22(29-24-16)13-12-17-6-4-10-20(14-17)28-15-19-9-5-8-18-7-2-3-11-21(18)19/h2-14H,15H2,1H3/b13-12-. The molecular weight excluding hydrogens is 368 g/mol. The molecule has 0 saturated heterocycles. The van der Waals surface area contributed by atoms with Gasteiger partial charge in [0.1, 0.15) is 12.4 Å². The van der Waals surface area contributed by atoms with E-state index in [1.807, 2.05) is 42.5 Å². The van der Waals surface area contributed by atoms with Gasteiger partial charge in [0, 0.05) is 0 Å². The molecule has 4 rings (SSSR count). The average Bonchev–Trinajstić information content (AvgIpc) is 3.11. The van der Waals surface area contributed by atoms with E-state index in [2.05, 4.69) is 29.4 Å². The monoisotopic (exact) mass is 386 g/mol. The lowest BCUT2D eigenvalue weighted by atomic mass is 10.1. The summed E-state index contributed by atoms with van der Waals surface area (Å²) in [7, 11) is 0. The van der Waals surface area contributed by atoms with Crippen molar-refractivity contribution in [2.75, 3.05) is 0 Å². The van der Waals surface area contributed by atoms with E-state index >= 15 is 0 Å². The Hall–Kier alpha value is -3.93. The van der Waals surface area contributed by atoms with Crippen LogP contribution in [0.3, 0.4) is 0 Å². The summed E-state index contributed by atoms with van der Waals surface area (Å²) >= 11 is 0. The Kier molecular flexibility index (Phi) is 5.07. The van der Waals surface area contributed by atoms with E-state index in [4.69, 9.17) is 9.26 Å². The molecule has 29 heavy (non-hydrogen) atoms. The SMILES string of the molecule is Cc1noc(/C=C\c2cccc(OCc3cccc4ccccc34)c2)c1[N+](=O)[O-]. The summed E-state index contributed by atoms with van der Waals surface area (Å²) in [5.41, 5.74) is 2.08. The maximum absolute atomic E-state index is 11.1. The molecule has 6 heteroatoms. The molecule has 0 atom stereocenters. The summed E-state index contributed by atoms with van der Waals surface area (Å²) < 4.78 is 11.0. The van der Waals surface area contributed by atoms with Crippen molar-refractivity contribution in [3.05, 3.63) is 99.4 Å². The molecule has 1 aromatic heterocycles. The molecule has 0 unspecified atom stereocenters. The molecule has 0 amide bonds. The number of hydrogen-bond acceptors (Lipinski definition) is 5. The van der Waals surface area contributed by atoms with E-state index in [-0.39, 0.29) is 17.1 Å². The number of benzene rings is 3. The van der Waals surface area contributed by atoms with Crippen molar-refractivity contribution >= 4 is 28.6 Å². The highest BCUT2D eigenvalue weighted by molar-refractivity contribution is 5.85. The van der Waals surface area contributed by atoms with Crippen LogP contribution in [-0.4, -0.2) is 10.1 Å². The van der Waals surface area contributed by atoms with Crippen LogP contribution >= 0.6 is 0 Å². The second-order valence-electron chi connectivity index (χ2n) is 6.57. The van der Waals surface area contributed by atoms with Crippen LogP contribution in [-0.2, 0) is 6.61 Å². The van der Waals surface area contributed by atoms with E-state index in [1.54, 1.807) is 19.1 Å². The molecule has 0 aliphatic rings. The largest absolute Gasteiger partial charge is 0.489 e. The maximum atomic E-state index is 11.1. The molecule has 0 fully saturated rings. The molecular formula is C23H18N2O4. The van der Waals surface area contributed by atoms with Crippen molar-refractivity contribution in [1.29, 1.82) is 0 Å². The van der Waals surface area contributed by atoms with Gasteiger partial charge in [0.05, 0.1) is 4.92 Å². The van der Waals surface area contributed by atoms with E-state index < -0.39 is 4.92 Å². The van der Waals surface area contributed by atoms with E-state index in [0.29, 0.717) is 12.4 Å². The molecule has 3 aromatic carbocycles. The number of aryl methyl sites for hydroxylation is 1. The lowest BCUT2D eigenvalue weighted by Gasteiger charge is -2.09. The molecule has 1 heterocycles. The van der Waals surface area contributed by atoms with Crippen LogP contribution in [0.25, 0.3) is 22.9 Å². The first-order valence-corrected chi connectivity index (χ1v) is 9.10. The maximum Gasteiger partial charge on any atom is 0.338 e. The molecule has 0 aliphatic carbocycles. The van der Waals surface area contributed by atoms with Gasteiger partial charge in [-0.3, -0.25) is 10.1 Å². The first kappa shape index (κ1) is 18.4. The third kappa shape index (κ3) is 4.01. The molecule has 0 radical (unpaired) electrons. The lowest BCUT2D eigenvalue weighted by molar-refractivity contribution is -0.386. The quantitative estimate of drug-likeness (QED) is 0.309. The number of hydrogen-bond donors (Lipinski definition) is 0. The molecule has 6 nitrogen and oxygen atoms in total. The summed E-state index contributed by atoms with van der Waals surface area (Å²) in [6.45, 7) is 1.99. The molecule has 0 N–H and O–H groups in total. The first-order chi connectivity index (χ1) is 14.1. The first-order valence-electron chi connectivity index (χ1n) is 9.10. The number of aromatic nitrogens is 1. The van der Waals surface area contributed by atoms with Crippen molar-refractivity contribution in [3.63, 3.8) is 0 Å². The van der Waals surface area contributed by atoms with Crippen molar-refractivity contribution in [2.24, 2.45) is 0 Å².